The molecule has 0 fully saturated rings. The lowest BCUT2D eigenvalue weighted by Crippen LogP contribution is -2.20. The van der Waals surface area contributed by atoms with Gasteiger partial charge in [-0.2, -0.15) is 0 Å². The van der Waals surface area contributed by atoms with E-state index >= 15 is 0 Å². The molecule has 0 radical (unpaired) electrons. The number of nitrogens with one attached hydrogen (secondary N) is 1. The molecule has 0 aliphatic carbocycles. The second-order valence-electron chi connectivity index (χ2n) is 4.28. The Kier molecular flexibility index (Phi) is 8.17. The van der Waals surface area contributed by atoms with Crippen molar-refractivity contribution in [3.63, 3.8) is 0 Å². The summed E-state index contributed by atoms with van der Waals surface area (Å²) in [7, 11) is 1.69. The summed E-state index contributed by atoms with van der Waals surface area (Å²) in [6.07, 6.45) is 2.21. The molecule has 0 saturated carbocycles. The van der Waals surface area contributed by atoms with E-state index in [1.807, 2.05) is 6.92 Å². The summed E-state index contributed by atoms with van der Waals surface area (Å²) in [6, 6.07) is 0.337. The van der Waals surface area contributed by atoms with Crippen LogP contribution in [0.2, 0.25) is 0 Å². The Morgan fingerprint density at radius 2 is 2.17 bits per heavy atom. The van der Waals surface area contributed by atoms with Gasteiger partial charge in [-0.25, -0.2) is 4.98 Å². The minimum Gasteiger partial charge on any atom is -0.382 e. The standard InChI is InChI=1S/C13H24N2O2S/c1-11(13-10-18-12(2)15-13)14-6-4-5-7-17-9-8-16-3/h10-11,14H,4-9H2,1-3H3. The molecule has 1 atom stereocenters. The molecule has 1 aromatic rings. The van der Waals surface area contributed by atoms with E-state index in [1.54, 1.807) is 18.4 Å². The molecule has 4 nitrogen and oxygen atoms in total. The van der Waals surface area contributed by atoms with Gasteiger partial charge in [0.15, 0.2) is 0 Å². The quantitative estimate of drug-likeness (QED) is 0.665. The predicted molar refractivity (Wildman–Crippen MR) is 75.2 cm³/mol. The van der Waals surface area contributed by atoms with Crippen molar-refractivity contribution in [3.05, 3.63) is 16.1 Å². The molecule has 1 heterocycles. The van der Waals surface area contributed by atoms with Gasteiger partial charge >= 0.3 is 0 Å². The molecule has 18 heavy (non-hydrogen) atoms. The number of rotatable bonds is 10. The first kappa shape index (κ1) is 15.6. The molecule has 0 bridgehead atoms. The first-order chi connectivity index (χ1) is 8.74. The Hall–Kier alpha value is -0.490. The lowest BCUT2D eigenvalue weighted by molar-refractivity contribution is 0.0687. The average Bonchev–Trinajstić information content (AvgIpc) is 2.79. The van der Waals surface area contributed by atoms with Crippen LogP contribution in [0.4, 0.5) is 0 Å². The van der Waals surface area contributed by atoms with Gasteiger partial charge in [0.1, 0.15) is 0 Å². The fourth-order valence-electron chi connectivity index (χ4n) is 1.58. The summed E-state index contributed by atoms with van der Waals surface area (Å²) in [5.41, 5.74) is 1.15. The highest BCUT2D eigenvalue weighted by atomic mass is 32.1. The Labute approximate surface area is 114 Å². The fraction of sp³-hybridized carbons (Fsp3) is 0.769. The highest BCUT2D eigenvalue weighted by Gasteiger charge is 2.07. The zero-order valence-electron chi connectivity index (χ0n) is 11.6. The monoisotopic (exact) mass is 272 g/mol. The zero-order valence-corrected chi connectivity index (χ0v) is 12.4. The number of thiazole rings is 1. The molecule has 0 saturated heterocycles. The van der Waals surface area contributed by atoms with Gasteiger partial charge in [0.25, 0.3) is 0 Å². The van der Waals surface area contributed by atoms with Gasteiger partial charge < -0.3 is 14.8 Å². The van der Waals surface area contributed by atoms with Crippen molar-refractivity contribution in [2.45, 2.75) is 32.7 Å². The number of methoxy groups -OCH3 is 1. The average molecular weight is 272 g/mol. The van der Waals surface area contributed by atoms with Crippen molar-refractivity contribution < 1.29 is 9.47 Å². The Balaban J connectivity index is 1.97. The van der Waals surface area contributed by atoms with E-state index < -0.39 is 0 Å². The normalized spacial score (nSPS) is 12.8. The van der Waals surface area contributed by atoms with Crippen LogP contribution in [-0.2, 0) is 9.47 Å². The van der Waals surface area contributed by atoms with Crippen LogP contribution in [-0.4, -0.2) is 38.5 Å². The predicted octanol–water partition coefficient (Wildman–Crippen LogP) is 2.55. The maximum absolute atomic E-state index is 5.41. The third kappa shape index (κ3) is 6.44. The zero-order chi connectivity index (χ0) is 13.2. The van der Waals surface area contributed by atoms with Crippen LogP contribution in [0, 0.1) is 6.92 Å². The molecule has 0 spiro atoms. The lowest BCUT2D eigenvalue weighted by Gasteiger charge is -2.11. The minimum atomic E-state index is 0.337. The van der Waals surface area contributed by atoms with Crippen molar-refractivity contribution in [3.8, 4) is 0 Å². The second kappa shape index (κ2) is 9.44. The SMILES string of the molecule is COCCOCCCCNC(C)c1csc(C)n1. The van der Waals surface area contributed by atoms with Gasteiger partial charge in [-0.1, -0.05) is 0 Å². The fourth-order valence-corrected chi connectivity index (χ4v) is 2.28. The molecular formula is C13H24N2O2S. The molecule has 0 aliphatic rings. The molecule has 5 heteroatoms. The van der Waals surface area contributed by atoms with E-state index in [1.165, 1.54) is 0 Å². The summed E-state index contributed by atoms with van der Waals surface area (Å²) in [5.74, 6) is 0. The molecule has 0 aromatic carbocycles. The highest BCUT2D eigenvalue weighted by Crippen LogP contribution is 2.15. The van der Waals surface area contributed by atoms with E-state index in [0.717, 1.165) is 36.7 Å². The molecule has 1 aromatic heterocycles. The number of aryl methyl sites for hydroxylation is 1. The van der Waals surface area contributed by atoms with E-state index in [4.69, 9.17) is 9.47 Å². The van der Waals surface area contributed by atoms with Crippen molar-refractivity contribution >= 4 is 11.3 Å². The van der Waals surface area contributed by atoms with E-state index in [0.29, 0.717) is 19.3 Å². The van der Waals surface area contributed by atoms with Crippen molar-refractivity contribution in [1.29, 1.82) is 0 Å². The largest absolute Gasteiger partial charge is 0.382 e. The van der Waals surface area contributed by atoms with Crippen LogP contribution in [0.25, 0.3) is 0 Å². The van der Waals surface area contributed by atoms with Crippen LogP contribution in [0.5, 0.6) is 0 Å². The molecular weight excluding hydrogens is 248 g/mol. The summed E-state index contributed by atoms with van der Waals surface area (Å²) in [5, 5.41) is 6.73. The maximum Gasteiger partial charge on any atom is 0.0898 e. The molecule has 1 rings (SSSR count). The van der Waals surface area contributed by atoms with Gasteiger partial charge in [-0.05, 0) is 33.2 Å². The number of aromatic nitrogens is 1. The number of hydrogen-bond acceptors (Lipinski definition) is 5. The van der Waals surface area contributed by atoms with E-state index in [2.05, 4.69) is 22.6 Å². The summed E-state index contributed by atoms with van der Waals surface area (Å²) >= 11 is 1.70. The van der Waals surface area contributed by atoms with Crippen LogP contribution in [0.1, 0.15) is 36.5 Å². The first-order valence-corrected chi connectivity index (χ1v) is 7.34. The number of unbranched alkanes of at least 4 members (excludes halogenated alkanes) is 1. The van der Waals surface area contributed by atoms with Gasteiger partial charge in [0.2, 0.25) is 0 Å². The molecule has 104 valence electrons. The van der Waals surface area contributed by atoms with Gasteiger partial charge in [0, 0.05) is 25.1 Å². The molecule has 0 aliphatic heterocycles. The Morgan fingerprint density at radius 3 is 2.83 bits per heavy atom. The number of ether oxygens (including phenoxy) is 2. The summed E-state index contributed by atoms with van der Waals surface area (Å²) in [4.78, 5) is 4.48. The maximum atomic E-state index is 5.41. The first-order valence-electron chi connectivity index (χ1n) is 6.46. The van der Waals surface area contributed by atoms with Crippen LogP contribution in [0.15, 0.2) is 5.38 Å². The Morgan fingerprint density at radius 1 is 1.33 bits per heavy atom. The third-order valence-electron chi connectivity index (χ3n) is 2.68. The number of hydrogen-bond donors (Lipinski definition) is 1. The topological polar surface area (TPSA) is 43.4 Å². The van der Waals surface area contributed by atoms with E-state index in [9.17, 15) is 0 Å². The minimum absolute atomic E-state index is 0.337. The van der Waals surface area contributed by atoms with Crippen LogP contribution in [0.3, 0.4) is 0 Å². The summed E-state index contributed by atoms with van der Waals surface area (Å²) in [6.45, 7) is 7.39. The molecule has 0 amide bonds. The number of nitrogens with zero attached hydrogens (tertiary/aromatic N) is 1. The van der Waals surface area contributed by atoms with Gasteiger partial charge in [0.05, 0.1) is 23.9 Å². The van der Waals surface area contributed by atoms with Gasteiger partial charge in [-0.15, -0.1) is 11.3 Å². The van der Waals surface area contributed by atoms with Crippen molar-refractivity contribution in [2.75, 3.05) is 33.5 Å². The van der Waals surface area contributed by atoms with Crippen molar-refractivity contribution in [1.82, 2.24) is 10.3 Å². The molecule has 1 unspecified atom stereocenters. The van der Waals surface area contributed by atoms with Crippen LogP contribution >= 0.6 is 11.3 Å². The lowest BCUT2D eigenvalue weighted by atomic mass is 10.2. The molecule has 1 N–H and O–H groups in total. The Bertz CT molecular complexity index is 318. The van der Waals surface area contributed by atoms with E-state index in [-0.39, 0.29) is 0 Å². The second-order valence-corrected chi connectivity index (χ2v) is 5.34. The van der Waals surface area contributed by atoms with Crippen LogP contribution < -0.4 is 5.32 Å². The highest BCUT2D eigenvalue weighted by molar-refractivity contribution is 7.09. The van der Waals surface area contributed by atoms with Gasteiger partial charge in [-0.3, -0.25) is 0 Å². The smallest absolute Gasteiger partial charge is 0.0898 e. The third-order valence-corrected chi connectivity index (χ3v) is 3.47. The van der Waals surface area contributed by atoms with Crippen molar-refractivity contribution in [2.24, 2.45) is 0 Å². The summed E-state index contributed by atoms with van der Waals surface area (Å²) < 4.78 is 10.3.